The molecular weight excluding hydrogens is 363 g/mol. The van der Waals surface area contributed by atoms with Gasteiger partial charge in [0.15, 0.2) is 11.5 Å². The number of halogens is 1. The SMILES string of the molecule is COCCOc1cc(NC(=O)c2cc3ccc(F)cc3nc2C)ccc1OC. The molecule has 6 nitrogen and oxygen atoms in total. The number of benzene rings is 2. The maximum atomic E-state index is 13.4. The second-order valence-electron chi connectivity index (χ2n) is 6.12. The Balaban J connectivity index is 1.84. The Morgan fingerprint density at radius 3 is 2.64 bits per heavy atom. The predicted octanol–water partition coefficient (Wildman–Crippen LogP) is 3.97. The zero-order valence-electron chi connectivity index (χ0n) is 15.9. The quantitative estimate of drug-likeness (QED) is 0.624. The third-order valence-electron chi connectivity index (χ3n) is 4.18. The van der Waals surface area contributed by atoms with Crippen LogP contribution < -0.4 is 14.8 Å². The van der Waals surface area contributed by atoms with Crippen molar-refractivity contribution in [2.75, 3.05) is 32.8 Å². The number of nitrogens with one attached hydrogen (secondary N) is 1. The lowest BCUT2D eigenvalue weighted by molar-refractivity contribution is 0.102. The molecule has 0 fully saturated rings. The third kappa shape index (κ3) is 4.37. The van der Waals surface area contributed by atoms with E-state index in [0.717, 1.165) is 0 Å². The van der Waals surface area contributed by atoms with Gasteiger partial charge in [-0.2, -0.15) is 0 Å². The lowest BCUT2D eigenvalue weighted by Crippen LogP contribution is -2.14. The predicted molar refractivity (Wildman–Crippen MR) is 105 cm³/mol. The van der Waals surface area contributed by atoms with Crippen LogP contribution in [0.2, 0.25) is 0 Å². The first-order chi connectivity index (χ1) is 13.5. The van der Waals surface area contributed by atoms with Gasteiger partial charge in [-0.05, 0) is 37.3 Å². The second-order valence-corrected chi connectivity index (χ2v) is 6.12. The van der Waals surface area contributed by atoms with Crippen LogP contribution in [-0.2, 0) is 4.74 Å². The summed E-state index contributed by atoms with van der Waals surface area (Å²) in [5, 5.41) is 3.53. The van der Waals surface area contributed by atoms with Crippen LogP contribution in [0.5, 0.6) is 11.5 Å². The minimum Gasteiger partial charge on any atom is -0.493 e. The molecule has 7 heteroatoms. The van der Waals surface area contributed by atoms with Gasteiger partial charge in [0.1, 0.15) is 12.4 Å². The summed E-state index contributed by atoms with van der Waals surface area (Å²) in [4.78, 5) is 17.1. The van der Waals surface area contributed by atoms with Gasteiger partial charge in [0, 0.05) is 30.3 Å². The van der Waals surface area contributed by atoms with Gasteiger partial charge in [-0.15, -0.1) is 0 Å². The first-order valence-electron chi connectivity index (χ1n) is 8.70. The standard InChI is InChI=1S/C21H21FN2O4/c1-13-17(10-14-4-5-15(22)11-18(14)23-13)21(25)24-16-6-7-19(27-3)20(12-16)28-9-8-26-2/h4-7,10-12H,8-9H2,1-3H3,(H,24,25). The molecule has 0 bridgehead atoms. The largest absolute Gasteiger partial charge is 0.493 e. The summed E-state index contributed by atoms with van der Waals surface area (Å²) in [5.41, 5.74) is 1.99. The van der Waals surface area contributed by atoms with Gasteiger partial charge in [0.2, 0.25) is 0 Å². The molecule has 146 valence electrons. The maximum Gasteiger partial charge on any atom is 0.257 e. The Kier molecular flexibility index (Phi) is 6.06. The number of pyridine rings is 1. The minimum absolute atomic E-state index is 0.316. The van der Waals surface area contributed by atoms with E-state index in [-0.39, 0.29) is 11.7 Å². The number of carbonyl (C=O) groups excluding carboxylic acids is 1. The van der Waals surface area contributed by atoms with Gasteiger partial charge in [0.25, 0.3) is 5.91 Å². The number of nitrogens with zero attached hydrogens (tertiary/aromatic N) is 1. The molecule has 0 unspecified atom stereocenters. The number of rotatable bonds is 7. The molecule has 2 aromatic carbocycles. The molecule has 1 aromatic heterocycles. The Hall–Kier alpha value is -3.19. The Morgan fingerprint density at radius 1 is 1.07 bits per heavy atom. The maximum absolute atomic E-state index is 13.4. The highest BCUT2D eigenvalue weighted by Gasteiger charge is 2.14. The van der Waals surface area contributed by atoms with Crippen molar-refractivity contribution in [2.24, 2.45) is 0 Å². The van der Waals surface area contributed by atoms with E-state index in [9.17, 15) is 9.18 Å². The smallest absolute Gasteiger partial charge is 0.257 e. The molecule has 28 heavy (non-hydrogen) atoms. The normalized spacial score (nSPS) is 10.7. The number of hydrogen-bond donors (Lipinski definition) is 1. The Bertz CT molecular complexity index is 1010. The molecule has 0 saturated heterocycles. The molecule has 3 aromatic rings. The molecule has 0 radical (unpaired) electrons. The van der Waals surface area contributed by atoms with E-state index in [1.807, 2.05) is 0 Å². The Labute approximate surface area is 162 Å². The van der Waals surface area contributed by atoms with Gasteiger partial charge in [-0.3, -0.25) is 9.78 Å². The highest BCUT2D eigenvalue weighted by molar-refractivity contribution is 6.06. The number of aromatic nitrogens is 1. The minimum atomic E-state index is -0.365. The van der Waals surface area contributed by atoms with Crippen LogP contribution in [-0.4, -0.2) is 38.3 Å². The van der Waals surface area contributed by atoms with Crippen LogP contribution in [0.3, 0.4) is 0 Å². The fraction of sp³-hybridized carbons (Fsp3) is 0.238. The van der Waals surface area contributed by atoms with E-state index >= 15 is 0 Å². The van der Waals surface area contributed by atoms with Gasteiger partial charge in [0.05, 0.1) is 30.5 Å². The van der Waals surface area contributed by atoms with Gasteiger partial charge >= 0.3 is 0 Å². The second kappa shape index (κ2) is 8.67. The monoisotopic (exact) mass is 384 g/mol. The van der Waals surface area contributed by atoms with Crippen molar-refractivity contribution in [3.8, 4) is 11.5 Å². The molecule has 3 rings (SSSR count). The zero-order chi connectivity index (χ0) is 20.1. The van der Waals surface area contributed by atoms with Gasteiger partial charge < -0.3 is 19.5 Å². The average molecular weight is 384 g/mol. The van der Waals surface area contributed by atoms with E-state index in [1.54, 1.807) is 51.5 Å². The highest BCUT2D eigenvalue weighted by atomic mass is 19.1. The first kappa shape index (κ1) is 19.6. The molecule has 0 saturated carbocycles. The van der Waals surface area contributed by atoms with E-state index in [2.05, 4.69) is 10.3 Å². The molecule has 0 aliphatic rings. The van der Waals surface area contributed by atoms with E-state index < -0.39 is 0 Å². The summed E-state index contributed by atoms with van der Waals surface area (Å²) >= 11 is 0. The van der Waals surface area contributed by atoms with Crippen LogP contribution in [0.1, 0.15) is 16.1 Å². The topological polar surface area (TPSA) is 69.7 Å². The van der Waals surface area contributed by atoms with Crippen molar-refractivity contribution >= 4 is 22.5 Å². The number of fused-ring (bicyclic) bond motifs is 1. The van der Waals surface area contributed by atoms with Crippen LogP contribution in [0.15, 0.2) is 42.5 Å². The van der Waals surface area contributed by atoms with Gasteiger partial charge in [-0.25, -0.2) is 4.39 Å². The zero-order valence-corrected chi connectivity index (χ0v) is 15.9. The first-order valence-corrected chi connectivity index (χ1v) is 8.70. The highest BCUT2D eigenvalue weighted by Crippen LogP contribution is 2.30. The van der Waals surface area contributed by atoms with Crippen molar-refractivity contribution in [1.82, 2.24) is 4.98 Å². The summed E-state index contributed by atoms with van der Waals surface area (Å²) in [6.07, 6.45) is 0. The molecule has 0 aliphatic heterocycles. The number of aryl methyl sites for hydroxylation is 1. The van der Waals surface area contributed by atoms with Crippen LogP contribution >= 0.6 is 0 Å². The molecular formula is C21H21FN2O4. The summed E-state index contributed by atoms with van der Waals surface area (Å²) < 4.78 is 29.3. The van der Waals surface area contributed by atoms with Crippen LogP contribution in [0, 0.1) is 12.7 Å². The van der Waals surface area contributed by atoms with Crippen molar-refractivity contribution in [3.05, 3.63) is 59.5 Å². The molecule has 0 aliphatic carbocycles. The number of ether oxygens (including phenoxy) is 3. The number of carbonyl (C=O) groups is 1. The number of anilines is 1. The number of methoxy groups -OCH3 is 2. The van der Waals surface area contributed by atoms with Gasteiger partial charge in [-0.1, -0.05) is 0 Å². The molecule has 1 amide bonds. The van der Waals surface area contributed by atoms with Crippen molar-refractivity contribution in [1.29, 1.82) is 0 Å². The van der Waals surface area contributed by atoms with E-state index in [1.165, 1.54) is 12.1 Å². The summed E-state index contributed by atoms with van der Waals surface area (Å²) in [5.74, 6) is 0.376. The number of amides is 1. The van der Waals surface area contributed by atoms with E-state index in [0.29, 0.717) is 52.6 Å². The fourth-order valence-corrected chi connectivity index (χ4v) is 2.77. The fourth-order valence-electron chi connectivity index (χ4n) is 2.77. The average Bonchev–Trinajstić information content (AvgIpc) is 2.67. The lowest BCUT2D eigenvalue weighted by atomic mass is 10.1. The third-order valence-corrected chi connectivity index (χ3v) is 4.18. The van der Waals surface area contributed by atoms with Crippen molar-refractivity contribution in [3.63, 3.8) is 0 Å². The molecule has 1 N–H and O–H groups in total. The summed E-state index contributed by atoms with van der Waals surface area (Å²) in [6, 6.07) is 11.1. The Morgan fingerprint density at radius 2 is 1.89 bits per heavy atom. The van der Waals surface area contributed by atoms with E-state index in [4.69, 9.17) is 14.2 Å². The summed E-state index contributed by atoms with van der Waals surface area (Å²) in [6.45, 7) is 2.50. The van der Waals surface area contributed by atoms with Crippen LogP contribution in [0.25, 0.3) is 10.9 Å². The van der Waals surface area contributed by atoms with Crippen LogP contribution in [0.4, 0.5) is 10.1 Å². The molecule has 0 atom stereocenters. The molecule has 0 spiro atoms. The summed E-state index contributed by atoms with van der Waals surface area (Å²) in [7, 11) is 3.13. The number of hydrogen-bond acceptors (Lipinski definition) is 5. The molecule has 1 heterocycles. The lowest BCUT2D eigenvalue weighted by Gasteiger charge is -2.13. The van der Waals surface area contributed by atoms with Crippen molar-refractivity contribution in [2.45, 2.75) is 6.92 Å². The van der Waals surface area contributed by atoms with Crippen molar-refractivity contribution < 1.29 is 23.4 Å².